The lowest BCUT2D eigenvalue weighted by Crippen LogP contribution is -2.39. The van der Waals surface area contributed by atoms with Gasteiger partial charge in [-0.25, -0.2) is 4.79 Å². The van der Waals surface area contributed by atoms with Crippen molar-refractivity contribution in [2.24, 2.45) is 5.92 Å². The lowest BCUT2D eigenvalue weighted by molar-refractivity contribution is -0.0616. The van der Waals surface area contributed by atoms with Crippen molar-refractivity contribution in [3.8, 4) is 0 Å². The van der Waals surface area contributed by atoms with E-state index in [9.17, 15) is 4.79 Å². The van der Waals surface area contributed by atoms with Crippen molar-refractivity contribution in [1.29, 1.82) is 0 Å². The fourth-order valence-corrected chi connectivity index (χ4v) is 7.37. The first-order chi connectivity index (χ1) is 25.2. The number of carbonyl (C=O) groups is 1. The van der Waals surface area contributed by atoms with Crippen molar-refractivity contribution in [1.82, 2.24) is 10.6 Å². The third-order valence-corrected chi connectivity index (χ3v) is 11.5. The van der Waals surface area contributed by atoms with Crippen LogP contribution in [0.3, 0.4) is 0 Å². The second kappa shape index (κ2) is 37.1. The minimum atomic E-state index is -0.200. The molecule has 52 heavy (non-hydrogen) atoms. The number of urea groups is 1. The van der Waals surface area contributed by atoms with Gasteiger partial charge in [0.2, 0.25) is 0 Å². The third-order valence-electron chi connectivity index (χ3n) is 11.5. The molecule has 0 saturated carbocycles. The number of methoxy groups -OCH3 is 1. The molecule has 0 atom stereocenters. The second-order valence-corrected chi connectivity index (χ2v) is 17.7. The van der Waals surface area contributed by atoms with Gasteiger partial charge in [0.05, 0.1) is 17.8 Å². The smallest absolute Gasteiger partial charge is 0.314 e. The first-order valence-corrected chi connectivity index (χ1v) is 23.4. The van der Waals surface area contributed by atoms with Crippen molar-refractivity contribution < 1.29 is 14.3 Å². The van der Waals surface area contributed by atoms with E-state index in [0.717, 1.165) is 25.8 Å². The Labute approximate surface area is 327 Å². The summed E-state index contributed by atoms with van der Waals surface area (Å²) in [6.07, 6.45) is 44.5. The Morgan fingerprint density at radius 3 is 1.21 bits per heavy atom. The normalized spacial score (nSPS) is 12.2. The van der Waals surface area contributed by atoms with E-state index in [2.05, 4.69) is 52.2 Å². The largest absolute Gasteiger partial charge is 0.379 e. The van der Waals surface area contributed by atoms with Crippen LogP contribution in [0.25, 0.3) is 0 Å². The minimum Gasteiger partial charge on any atom is -0.379 e. The number of ether oxygens (including phenoxy) is 2. The summed E-state index contributed by atoms with van der Waals surface area (Å²) in [5.74, 6) is 0.601. The van der Waals surface area contributed by atoms with Crippen molar-refractivity contribution in [2.75, 3.05) is 26.8 Å². The topological polar surface area (TPSA) is 59.6 Å². The van der Waals surface area contributed by atoms with Gasteiger partial charge in [-0.15, -0.1) is 0 Å². The highest BCUT2D eigenvalue weighted by atomic mass is 16.5. The zero-order valence-electron chi connectivity index (χ0n) is 36.8. The Kier molecular flexibility index (Phi) is 36.6. The van der Waals surface area contributed by atoms with Gasteiger partial charge in [0, 0.05) is 20.2 Å². The van der Waals surface area contributed by atoms with Crippen LogP contribution in [0.4, 0.5) is 4.79 Å². The zero-order valence-corrected chi connectivity index (χ0v) is 36.8. The Bertz CT molecular complexity index is 708. The highest BCUT2D eigenvalue weighted by Gasteiger charge is 2.21. The molecule has 2 amide bonds. The molecule has 0 aromatic rings. The maximum absolute atomic E-state index is 12.7. The minimum absolute atomic E-state index is 0.00696. The highest BCUT2D eigenvalue weighted by Crippen LogP contribution is 2.22. The molecule has 0 heterocycles. The maximum Gasteiger partial charge on any atom is 0.314 e. The fourth-order valence-electron chi connectivity index (χ4n) is 7.37. The Hall–Kier alpha value is -0.810. The monoisotopic (exact) mass is 737 g/mol. The lowest BCUT2D eigenvalue weighted by atomic mass is 9.94. The van der Waals surface area contributed by atoms with Crippen molar-refractivity contribution >= 4 is 6.03 Å². The molecule has 0 aliphatic carbocycles. The molecule has 0 unspecified atom stereocenters. The summed E-state index contributed by atoms with van der Waals surface area (Å²) in [5, 5.41) is 6.36. The molecule has 0 aliphatic heterocycles. The van der Waals surface area contributed by atoms with Gasteiger partial charge in [-0.3, -0.25) is 0 Å². The summed E-state index contributed by atoms with van der Waals surface area (Å²) in [6.45, 7) is 15.3. The summed E-state index contributed by atoms with van der Waals surface area (Å²) in [6, 6.07) is -0.00696. The third kappa shape index (κ3) is 37.5. The first kappa shape index (κ1) is 51.2. The zero-order chi connectivity index (χ0) is 38.4. The van der Waals surface area contributed by atoms with E-state index in [0.29, 0.717) is 19.1 Å². The van der Waals surface area contributed by atoms with Crippen LogP contribution >= 0.6 is 0 Å². The lowest BCUT2D eigenvalue weighted by Gasteiger charge is -2.29. The van der Waals surface area contributed by atoms with Gasteiger partial charge in [0.1, 0.15) is 0 Å². The Morgan fingerprint density at radius 2 is 0.846 bits per heavy atom. The quantitative estimate of drug-likeness (QED) is 0.0615. The molecule has 0 aromatic carbocycles. The summed E-state index contributed by atoms with van der Waals surface area (Å²) >= 11 is 0. The number of unbranched alkanes of at least 4 members (excludes halogenated alkanes) is 26. The molecule has 2 N–H and O–H groups in total. The average molecular weight is 737 g/mol. The van der Waals surface area contributed by atoms with Crippen LogP contribution in [0, 0.1) is 5.92 Å². The van der Waals surface area contributed by atoms with Crippen molar-refractivity contribution in [3.63, 3.8) is 0 Å². The number of nitrogens with one attached hydrogen (secondary N) is 2. The SMILES string of the molecule is CCCCCCCCCCCCCCCCC(CCCCCCCCCCCCCCCC)CNC(=O)NCCCC(C)(C)OCCC(C)(C)OC. The van der Waals surface area contributed by atoms with Gasteiger partial charge >= 0.3 is 6.03 Å². The molecular weight excluding hydrogens is 641 g/mol. The van der Waals surface area contributed by atoms with Crippen LogP contribution in [-0.2, 0) is 9.47 Å². The van der Waals surface area contributed by atoms with Crippen LogP contribution in [0.5, 0.6) is 0 Å². The Balaban J connectivity index is 4.27. The molecule has 0 rings (SSSR count). The van der Waals surface area contributed by atoms with Crippen LogP contribution in [0.1, 0.15) is 253 Å². The van der Waals surface area contributed by atoms with Crippen molar-refractivity contribution in [2.45, 2.75) is 265 Å². The van der Waals surface area contributed by atoms with Crippen LogP contribution in [-0.4, -0.2) is 44.0 Å². The Morgan fingerprint density at radius 1 is 0.481 bits per heavy atom. The molecule has 0 radical (unpaired) electrons. The summed E-state index contributed by atoms with van der Waals surface area (Å²) in [4.78, 5) is 12.7. The van der Waals surface area contributed by atoms with Gasteiger partial charge in [-0.05, 0) is 65.7 Å². The van der Waals surface area contributed by atoms with Crippen LogP contribution in [0.2, 0.25) is 0 Å². The summed E-state index contributed by atoms with van der Waals surface area (Å²) in [5.41, 5.74) is -0.361. The van der Waals surface area contributed by atoms with Crippen molar-refractivity contribution in [3.05, 3.63) is 0 Å². The van der Waals surface area contributed by atoms with E-state index < -0.39 is 0 Å². The van der Waals surface area contributed by atoms with E-state index in [-0.39, 0.29) is 17.2 Å². The molecule has 312 valence electrons. The molecule has 0 saturated heterocycles. The predicted octanol–water partition coefficient (Wildman–Crippen LogP) is 15.0. The van der Waals surface area contributed by atoms with Gasteiger partial charge in [0.25, 0.3) is 0 Å². The van der Waals surface area contributed by atoms with E-state index >= 15 is 0 Å². The van der Waals surface area contributed by atoms with Crippen LogP contribution < -0.4 is 10.6 Å². The number of hydrogen-bond donors (Lipinski definition) is 2. The van der Waals surface area contributed by atoms with Gasteiger partial charge < -0.3 is 20.1 Å². The average Bonchev–Trinajstić information content (AvgIpc) is 3.12. The molecule has 0 aliphatic rings. The molecule has 0 bridgehead atoms. The fraction of sp³-hybridized carbons (Fsp3) is 0.979. The predicted molar refractivity (Wildman–Crippen MR) is 230 cm³/mol. The van der Waals surface area contributed by atoms with Crippen LogP contribution in [0.15, 0.2) is 0 Å². The second-order valence-electron chi connectivity index (χ2n) is 17.7. The van der Waals surface area contributed by atoms with E-state index in [1.54, 1.807) is 7.11 Å². The highest BCUT2D eigenvalue weighted by molar-refractivity contribution is 5.73. The maximum atomic E-state index is 12.7. The number of carbonyl (C=O) groups excluding carboxylic acids is 1. The van der Waals surface area contributed by atoms with E-state index in [1.165, 1.54) is 193 Å². The molecular formula is C47H96N2O3. The van der Waals surface area contributed by atoms with Gasteiger partial charge in [-0.2, -0.15) is 0 Å². The van der Waals surface area contributed by atoms with E-state index in [1.807, 2.05) is 0 Å². The van der Waals surface area contributed by atoms with Gasteiger partial charge in [-0.1, -0.05) is 194 Å². The number of rotatable bonds is 41. The molecule has 5 heteroatoms. The first-order valence-electron chi connectivity index (χ1n) is 23.4. The number of amides is 2. The molecule has 0 fully saturated rings. The molecule has 5 nitrogen and oxygen atoms in total. The standard InChI is InChI=1S/C47H96N2O3/c1-8-10-12-14-16-18-20-22-24-26-28-30-32-34-37-44(38-35-33-31-29-27-25-23-21-19-17-15-13-11-9-2)43-49-45(50)48-41-36-39-47(5,6)52-42-40-46(3,4)51-7/h44H,8-43H2,1-7H3,(H2,48,49,50). The summed E-state index contributed by atoms with van der Waals surface area (Å²) < 4.78 is 11.7. The van der Waals surface area contributed by atoms with E-state index in [4.69, 9.17) is 9.47 Å². The molecule has 0 aromatic heterocycles. The van der Waals surface area contributed by atoms with Gasteiger partial charge in [0.15, 0.2) is 0 Å². The number of hydrogen-bond acceptors (Lipinski definition) is 3. The molecule has 0 spiro atoms. The summed E-state index contributed by atoms with van der Waals surface area (Å²) in [7, 11) is 1.76.